The normalized spacial score (nSPS) is 11.0. The number of rotatable bonds is 7. The molecule has 0 aromatic heterocycles. The number of ether oxygens (including phenoxy) is 2. The Morgan fingerprint density at radius 2 is 1.82 bits per heavy atom. The summed E-state index contributed by atoms with van der Waals surface area (Å²) >= 11 is 9.65. The van der Waals surface area contributed by atoms with Crippen LogP contribution in [0.5, 0.6) is 11.5 Å². The summed E-state index contributed by atoms with van der Waals surface area (Å²) in [6, 6.07) is 16.8. The van der Waals surface area contributed by atoms with Gasteiger partial charge >= 0.3 is 0 Å². The summed E-state index contributed by atoms with van der Waals surface area (Å²) in [5, 5.41) is 12.8. The van der Waals surface area contributed by atoms with Crippen LogP contribution in [-0.4, -0.2) is 13.0 Å². The van der Waals surface area contributed by atoms with Crippen molar-refractivity contribution in [2.75, 3.05) is 12.4 Å². The van der Waals surface area contributed by atoms with Crippen LogP contribution in [0.4, 0.5) is 5.69 Å². The molecule has 34 heavy (non-hydrogen) atoms. The molecule has 0 fully saturated rings. The first kappa shape index (κ1) is 25.4. The van der Waals surface area contributed by atoms with Crippen molar-refractivity contribution < 1.29 is 14.3 Å². The van der Waals surface area contributed by atoms with E-state index in [1.807, 2.05) is 19.1 Å². The number of aryl methyl sites for hydroxylation is 3. The van der Waals surface area contributed by atoms with Gasteiger partial charge in [-0.3, -0.25) is 4.79 Å². The lowest BCUT2D eigenvalue weighted by molar-refractivity contribution is -0.112. The van der Waals surface area contributed by atoms with Crippen molar-refractivity contribution >= 4 is 45.2 Å². The highest BCUT2D eigenvalue weighted by atomic mass is 79.9. The van der Waals surface area contributed by atoms with Crippen LogP contribution in [0.25, 0.3) is 6.08 Å². The maximum absolute atomic E-state index is 12.6. The van der Waals surface area contributed by atoms with Crippen LogP contribution in [-0.2, 0) is 11.4 Å². The molecule has 0 radical (unpaired) electrons. The van der Waals surface area contributed by atoms with Crippen LogP contribution in [0.15, 0.2) is 58.6 Å². The van der Waals surface area contributed by atoms with E-state index < -0.39 is 5.91 Å². The van der Waals surface area contributed by atoms with Gasteiger partial charge in [0.1, 0.15) is 18.2 Å². The van der Waals surface area contributed by atoms with Gasteiger partial charge in [0, 0.05) is 10.7 Å². The fourth-order valence-corrected chi connectivity index (χ4v) is 3.95. The molecular formula is C27H24BrClN2O3. The minimum absolute atomic E-state index is 0.0607. The molecule has 5 nitrogen and oxygen atoms in total. The topological polar surface area (TPSA) is 71.3 Å². The SMILES string of the molecule is COc1cc(/C=C(\C#N)C(=O)Nc2ccc(C)c(Cl)c2)cc(Br)c1OCc1ccc(C)c(C)c1. The zero-order valence-corrected chi connectivity index (χ0v) is 21.7. The van der Waals surface area contributed by atoms with E-state index in [0.717, 1.165) is 11.1 Å². The van der Waals surface area contributed by atoms with E-state index >= 15 is 0 Å². The molecule has 174 valence electrons. The van der Waals surface area contributed by atoms with Gasteiger partial charge in [-0.25, -0.2) is 0 Å². The van der Waals surface area contributed by atoms with Gasteiger partial charge in [-0.05, 0) is 94.9 Å². The molecule has 3 aromatic carbocycles. The maximum Gasteiger partial charge on any atom is 0.266 e. The lowest BCUT2D eigenvalue weighted by Crippen LogP contribution is -2.13. The average molecular weight is 540 g/mol. The quantitative estimate of drug-likeness (QED) is 0.255. The average Bonchev–Trinajstić information content (AvgIpc) is 2.80. The molecule has 0 spiro atoms. The third kappa shape index (κ3) is 6.19. The molecule has 0 atom stereocenters. The Balaban J connectivity index is 1.82. The summed E-state index contributed by atoms with van der Waals surface area (Å²) in [5.74, 6) is 0.482. The standard InChI is InChI=1S/C27H24BrClN2O3/c1-16-5-7-19(9-18(16)3)15-34-26-23(28)11-20(12-25(26)33-4)10-21(14-30)27(32)31-22-8-6-17(2)24(29)13-22/h5-13H,15H2,1-4H3,(H,31,32)/b21-10+. The molecule has 1 amide bonds. The van der Waals surface area contributed by atoms with Crippen molar-refractivity contribution in [3.8, 4) is 17.6 Å². The molecule has 0 saturated heterocycles. The third-order valence-corrected chi connectivity index (χ3v) is 6.31. The second kappa shape index (κ2) is 11.2. The molecule has 0 aliphatic heterocycles. The Labute approximate surface area is 213 Å². The minimum atomic E-state index is -0.535. The number of nitrogens with one attached hydrogen (secondary N) is 1. The summed E-state index contributed by atoms with van der Waals surface area (Å²) in [4.78, 5) is 12.6. The number of carbonyl (C=O) groups excluding carboxylic acids is 1. The van der Waals surface area contributed by atoms with Crippen LogP contribution < -0.4 is 14.8 Å². The monoisotopic (exact) mass is 538 g/mol. The molecule has 0 aliphatic rings. The van der Waals surface area contributed by atoms with Crippen LogP contribution in [0.1, 0.15) is 27.8 Å². The van der Waals surface area contributed by atoms with Crippen molar-refractivity contribution in [2.24, 2.45) is 0 Å². The zero-order chi connectivity index (χ0) is 24.8. The van der Waals surface area contributed by atoms with Crippen LogP contribution >= 0.6 is 27.5 Å². The first-order chi connectivity index (χ1) is 16.2. The number of hydrogen-bond acceptors (Lipinski definition) is 4. The Morgan fingerprint density at radius 1 is 1.09 bits per heavy atom. The highest BCUT2D eigenvalue weighted by molar-refractivity contribution is 9.10. The predicted molar refractivity (Wildman–Crippen MR) is 139 cm³/mol. The number of halogens is 2. The number of nitrogens with zero attached hydrogens (tertiary/aromatic N) is 1. The molecule has 0 saturated carbocycles. The highest BCUT2D eigenvalue weighted by Crippen LogP contribution is 2.38. The first-order valence-electron chi connectivity index (χ1n) is 10.5. The van der Waals surface area contributed by atoms with E-state index in [9.17, 15) is 10.1 Å². The van der Waals surface area contributed by atoms with E-state index in [1.165, 1.54) is 24.3 Å². The number of benzene rings is 3. The summed E-state index contributed by atoms with van der Waals surface area (Å²) in [5.41, 5.74) is 5.42. The molecule has 0 unspecified atom stereocenters. The first-order valence-corrected chi connectivity index (χ1v) is 11.6. The van der Waals surface area contributed by atoms with E-state index in [0.29, 0.717) is 38.9 Å². The van der Waals surface area contributed by atoms with Crippen LogP contribution in [0.3, 0.4) is 0 Å². The van der Waals surface area contributed by atoms with Gasteiger partial charge in [-0.1, -0.05) is 35.9 Å². The van der Waals surface area contributed by atoms with Gasteiger partial charge in [0.05, 0.1) is 11.6 Å². The van der Waals surface area contributed by atoms with Crippen molar-refractivity contribution in [1.29, 1.82) is 5.26 Å². The zero-order valence-electron chi connectivity index (χ0n) is 19.3. The fourth-order valence-electron chi connectivity index (χ4n) is 3.20. The minimum Gasteiger partial charge on any atom is -0.493 e. The number of hydrogen-bond donors (Lipinski definition) is 1. The van der Waals surface area contributed by atoms with Crippen molar-refractivity contribution in [3.05, 3.63) is 91.4 Å². The number of anilines is 1. The molecule has 0 heterocycles. The van der Waals surface area contributed by atoms with E-state index in [1.54, 1.807) is 30.3 Å². The Morgan fingerprint density at radius 3 is 2.47 bits per heavy atom. The molecule has 1 N–H and O–H groups in total. The van der Waals surface area contributed by atoms with Gasteiger partial charge in [0.15, 0.2) is 11.5 Å². The van der Waals surface area contributed by atoms with Crippen LogP contribution in [0.2, 0.25) is 5.02 Å². The molecule has 0 aliphatic carbocycles. The lowest BCUT2D eigenvalue weighted by Gasteiger charge is -2.14. The number of nitriles is 1. The predicted octanol–water partition coefficient (Wildman–Crippen LogP) is 7.16. The Hall–Kier alpha value is -3.27. The van der Waals surface area contributed by atoms with Gasteiger partial charge in [0.25, 0.3) is 5.91 Å². The van der Waals surface area contributed by atoms with E-state index in [2.05, 4.69) is 47.2 Å². The summed E-state index contributed by atoms with van der Waals surface area (Å²) in [6.45, 7) is 6.37. The molecule has 3 aromatic rings. The smallest absolute Gasteiger partial charge is 0.266 e. The molecule has 3 rings (SSSR count). The number of amides is 1. The van der Waals surface area contributed by atoms with Crippen LogP contribution in [0, 0.1) is 32.1 Å². The van der Waals surface area contributed by atoms with Gasteiger partial charge in [0.2, 0.25) is 0 Å². The molecule has 7 heteroatoms. The van der Waals surface area contributed by atoms with Gasteiger partial charge < -0.3 is 14.8 Å². The second-order valence-corrected chi connectivity index (χ2v) is 9.09. The van der Waals surface area contributed by atoms with Gasteiger partial charge in [-0.15, -0.1) is 0 Å². The molecular weight excluding hydrogens is 516 g/mol. The third-order valence-electron chi connectivity index (χ3n) is 5.31. The highest BCUT2D eigenvalue weighted by Gasteiger charge is 2.15. The van der Waals surface area contributed by atoms with Gasteiger partial charge in [-0.2, -0.15) is 5.26 Å². The Bertz CT molecular complexity index is 1310. The van der Waals surface area contributed by atoms with E-state index in [4.69, 9.17) is 21.1 Å². The largest absolute Gasteiger partial charge is 0.493 e. The second-order valence-electron chi connectivity index (χ2n) is 7.83. The lowest BCUT2D eigenvalue weighted by atomic mass is 10.1. The fraction of sp³-hybridized carbons (Fsp3) is 0.185. The maximum atomic E-state index is 12.6. The van der Waals surface area contributed by atoms with Crippen molar-refractivity contribution in [1.82, 2.24) is 0 Å². The van der Waals surface area contributed by atoms with E-state index in [-0.39, 0.29) is 5.57 Å². The number of methoxy groups -OCH3 is 1. The van der Waals surface area contributed by atoms with Crippen molar-refractivity contribution in [3.63, 3.8) is 0 Å². The summed E-state index contributed by atoms with van der Waals surface area (Å²) in [6.07, 6.45) is 1.49. The summed E-state index contributed by atoms with van der Waals surface area (Å²) < 4.78 is 12.2. The van der Waals surface area contributed by atoms with Crippen molar-refractivity contribution in [2.45, 2.75) is 27.4 Å². The Kier molecular flexibility index (Phi) is 8.38. The molecule has 0 bridgehead atoms. The number of carbonyl (C=O) groups is 1. The summed E-state index contributed by atoms with van der Waals surface area (Å²) in [7, 11) is 1.54.